The third-order valence-corrected chi connectivity index (χ3v) is 5.60. The van der Waals surface area contributed by atoms with Gasteiger partial charge in [-0.25, -0.2) is 4.98 Å². The summed E-state index contributed by atoms with van der Waals surface area (Å²) < 4.78 is 5.11. The van der Waals surface area contributed by atoms with Crippen molar-refractivity contribution in [1.82, 2.24) is 10.3 Å². The fraction of sp³-hybridized carbons (Fsp3) is 0.292. The molecule has 30 heavy (non-hydrogen) atoms. The predicted octanol–water partition coefficient (Wildman–Crippen LogP) is 4.32. The highest BCUT2D eigenvalue weighted by Gasteiger charge is 2.12. The summed E-state index contributed by atoms with van der Waals surface area (Å²) in [4.78, 5) is 28.6. The fourth-order valence-corrected chi connectivity index (χ4v) is 3.90. The fourth-order valence-electron chi connectivity index (χ4n) is 3.13. The van der Waals surface area contributed by atoms with Crippen LogP contribution in [0.25, 0.3) is 10.9 Å². The van der Waals surface area contributed by atoms with Crippen LogP contribution in [0.3, 0.4) is 0 Å². The zero-order valence-electron chi connectivity index (χ0n) is 17.3. The standard InChI is InChI=1S/C24H26N2O3S/c1-17-14-23(26-21-11-7-6-10-20(17)21)30-16-24(28)29-15-22(27)25-18(2)12-13-19-8-4-3-5-9-19/h3-11,14,18H,12-13,15-16H2,1-2H3,(H,25,27)/t18-/m1/s1. The van der Waals surface area contributed by atoms with Gasteiger partial charge in [-0.3, -0.25) is 9.59 Å². The van der Waals surface area contributed by atoms with Gasteiger partial charge in [0.2, 0.25) is 0 Å². The lowest BCUT2D eigenvalue weighted by Crippen LogP contribution is -2.36. The molecule has 0 fully saturated rings. The minimum atomic E-state index is -0.431. The van der Waals surface area contributed by atoms with Gasteiger partial charge in [0.1, 0.15) is 0 Å². The molecule has 156 valence electrons. The molecular weight excluding hydrogens is 396 g/mol. The lowest BCUT2D eigenvalue weighted by Gasteiger charge is -2.14. The molecule has 5 nitrogen and oxygen atoms in total. The van der Waals surface area contributed by atoms with Crippen LogP contribution in [0.5, 0.6) is 0 Å². The third kappa shape index (κ3) is 6.59. The smallest absolute Gasteiger partial charge is 0.316 e. The SMILES string of the molecule is Cc1cc(SCC(=O)OCC(=O)N[C@H](C)CCc2ccccc2)nc2ccccc12. The topological polar surface area (TPSA) is 68.3 Å². The van der Waals surface area contributed by atoms with Gasteiger partial charge >= 0.3 is 5.97 Å². The van der Waals surface area contributed by atoms with E-state index in [0.29, 0.717) is 0 Å². The van der Waals surface area contributed by atoms with Gasteiger partial charge < -0.3 is 10.1 Å². The number of pyridine rings is 1. The van der Waals surface area contributed by atoms with Crippen LogP contribution in [0.1, 0.15) is 24.5 Å². The maximum Gasteiger partial charge on any atom is 0.316 e. The highest BCUT2D eigenvalue weighted by Crippen LogP contribution is 2.23. The first-order valence-corrected chi connectivity index (χ1v) is 11.0. The molecule has 1 N–H and O–H groups in total. The number of nitrogens with zero attached hydrogens (tertiary/aromatic N) is 1. The second-order valence-electron chi connectivity index (χ2n) is 7.24. The molecule has 6 heteroatoms. The maximum atomic E-state index is 12.0. The van der Waals surface area contributed by atoms with Gasteiger partial charge in [-0.05, 0) is 49.9 Å². The summed E-state index contributed by atoms with van der Waals surface area (Å²) in [6.45, 7) is 3.71. The number of hydrogen-bond acceptors (Lipinski definition) is 5. The number of esters is 1. The Morgan fingerprint density at radius 1 is 1.10 bits per heavy atom. The number of carbonyl (C=O) groups excluding carboxylic acids is 2. The van der Waals surface area contributed by atoms with E-state index in [1.165, 1.54) is 17.3 Å². The van der Waals surface area contributed by atoms with Crippen LogP contribution in [0.2, 0.25) is 0 Å². The first-order chi connectivity index (χ1) is 14.5. The number of benzene rings is 2. The lowest BCUT2D eigenvalue weighted by atomic mass is 10.1. The second-order valence-corrected chi connectivity index (χ2v) is 8.23. The van der Waals surface area contributed by atoms with Crippen LogP contribution in [-0.2, 0) is 20.7 Å². The Hall–Kier alpha value is -2.86. The number of aryl methyl sites for hydroxylation is 2. The summed E-state index contributed by atoms with van der Waals surface area (Å²) in [7, 11) is 0. The Morgan fingerprint density at radius 2 is 1.83 bits per heavy atom. The van der Waals surface area contributed by atoms with Crippen molar-refractivity contribution in [2.45, 2.75) is 37.8 Å². The molecule has 0 bridgehead atoms. The van der Waals surface area contributed by atoms with Gasteiger partial charge in [-0.15, -0.1) is 0 Å². The Labute approximate surface area is 181 Å². The van der Waals surface area contributed by atoms with Crippen molar-refractivity contribution in [2.24, 2.45) is 0 Å². The van der Waals surface area contributed by atoms with Crippen molar-refractivity contribution in [3.8, 4) is 0 Å². The summed E-state index contributed by atoms with van der Waals surface area (Å²) in [6.07, 6.45) is 1.71. The number of fused-ring (bicyclic) bond motifs is 1. The van der Waals surface area contributed by atoms with Crippen LogP contribution < -0.4 is 5.32 Å². The summed E-state index contributed by atoms with van der Waals surface area (Å²) in [5.74, 6) is -0.602. The number of carbonyl (C=O) groups is 2. The average Bonchev–Trinajstić information content (AvgIpc) is 2.75. The van der Waals surface area contributed by atoms with Crippen molar-refractivity contribution in [3.05, 3.63) is 71.8 Å². The Balaban J connectivity index is 1.38. The maximum absolute atomic E-state index is 12.0. The van der Waals surface area contributed by atoms with E-state index in [0.717, 1.165) is 34.3 Å². The van der Waals surface area contributed by atoms with Crippen LogP contribution in [0, 0.1) is 6.92 Å². The van der Waals surface area contributed by atoms with Crippen molar-refractivity contribution >= 4 is 34.5 Å². The summed E-state index contributed by atoms with van der Waals surface area (Å²) in [5.41, 5.74) is 3.25. The second kappa shape index (κ2) is 10.8. The number of nitrogens with one attached hydrogen (secondary N) is 1. The average molecular weight is 423 g/mol. The van der Waals surface area contributed by atoms with Gasteiger partial charge in [-0.2, -0.15) is 0 Å². The van der Waals surface area contributed by atoms with Gasteiger partial charge in [0, 0.05) is 11.4 Å². The molecule has 0 aliphatic rings. The normalized spacial score (nSPS) is 11.8. The van der Waals surface area contributed by atoms with Gasteiger partial charge in [0.15, 0.2) is 6.61 Å². The highest BCUT2D eigenvalue weighted by atomic mass is 32.2. The summed E-state index contributed by atoms with van der Waals surface area (Å²) in [5, 5.41) is 4.74. The molecule has 1 aromatic heterocycles. The molecule has 0 saturated heterocycles. The van der Waals surface area contributed by atoms with Crippen molar-refractivity contribution < 1.29 is 14.3 Å². The van der Waals surface area contributed by atoms with Crippen LogP contribution in [0.15, 0.2) is 65.7 Å². The van der Waals surface area contributed by atoms with Gasteiger partial charge in [0.25, 0.3) is 5.91 Å². The molecule has 2 aromatic carbocycles. The summed E-state index contributed by atoms with van der Waals surface area (Å²) >= 11 is 1.31. The van der Waals surface area contributed by atoms with Crippen LogP contribution >= 0.6 is 11.8 Å². The van der Waals surface area contributed by atoms with E-state index >= 15 is 0 Å². The minimum absolute atomic E-state index is 0.00978. The van der Waals surface area contributed by atoms with E-state index in [4.69, 9.17) is 4.74 Å². The number of aromatic nitrogens is 1. The van der Waals surface area contributed by atoms with E-state index in [1.807, 2.05) is 62.4 Å². The van der Waals surface area contributed by atoms with Crippen molar-refractivity contribution in [1.29, 1.82) is 0 Å². The van der Waals surface area contributed by atoms with Crippen molar-refractivity contribution in [3.63, 3.8) is 0 Å². The quantitative estimate of drug-likeness (QED) is 0.411. The van der Waals surface area contributed by atoms with Crippen LogP contribution in [-0.4, -0.2) is 35.3 Å². The molecule has 1 heterocycles. The van der Waals surface area contributed by atoms with E-state index < -0.39 is 5.97 Å². The molecule has 0 aliphatic heterocycles. The zero-order chi connectivity index (χ0) is 21.3. The largest absolute Gasteiger partial charge is 0.455 e. The number of ether oxygens (including phenoxy) is 1. The highest BCUT2D eigenvalue weighted by molar-refractivity contribution is 7.99. The van der Waals surface area contributed by atoms with E-state index in [2.05, 4.69) is 22.4 Å². The van der Waals surface area contributed by atoms with Crippen molar-refractivity contribution in [2.75, 3.05) is 12.4 Å². The Morgan fingerprint density at radius 3 is 2.63 bits per heavy atom. The Kier molecular flexibility index (Phi) is 7.85. The molecule has 1 amide bonds. The minimum Gasteiger partial charge on any atom is -0.455 e. The monoisotopic (exact) mass is 422 g/mol. The van der Waals surface area contributed by atoms with E-state index in [9.17, 15) is 9.59 Å². The zero-order valence-corrected chi connectivity index (χ0v) is 18.1. The van der Waals surface area contributed by atoms with E-state index in [1.54, 1.807) is 0 Å². The summed E-state index contributed by atoms with van der Waals surface area (Å²) in [6, 6.07) is 20.0. The predicted molar refractivity (Wildman–Crippen MR) is 121 cm³/mol. The molecule has 0 unspecified atom stereocenters. The Bertz CT molecular complexity index is 1010. The molecule has 0 spiro atoms. The number of rotatable bonds is 9. The lowest BCUT2D eigenvalue weighted by molar-refractivity contribution is -0.146. The molecule has 0 aliphatic carbocycles. The van der Waals surface area contributed by atoms with Gasteiger partial charge in [0.05, 0.1) is 16.3 Å². The van der Waals surface area contributed by atoms with E-state index in [-0.39, 0.29) is 24.3 Å². The number of para-hydroxylation sites is 1. The van der Waals surface area contributed by atoms with Gasteiger partial charge in [-0.1, -0.05) is 60.3 Å². The molecule has 1 atom stereocenters. The number of amides is 1. The van der Waals surface area contributed by atoms with Crippen LogP contribution in [0.4, 0.5) is 0 Å². The molecule has 0 radical (unpaired) electrons. The number of thioether (sulfide) groups is 1. The third-order valence-electron chi connectivity index (χ3n) is 4.72. The molecule has 3 rings (SSSR count). The molecule has 3 aromatic rings. The number of hydrogen-bond donors (Lipinski definition) is 1. The molecule has 0 saturated carbocycles. The molecular formula is C24H26N2O3S. The first-order valence-electron chi connectivity index (χ1n) is 9.99. The first kappa shape index (κ1) is 21.8.